The van der Waals surface area contributed by atoms with E-state index < -0.39 is 0 Å². The molecule has 1 aromatic rings. The number of fused-ring (bicyclic) bond motifs is 1. The lowest BCUT2D eigenvalue weighted by Crippen LogP contribution is -2.40. The first-order valence-electron chi connectivity index (χ1n) is 6.92. The minimum atomic E-state index is -0.121. The van der Waals surface area contributed by atoms with Crippen molar-refractivity contribution >= 4 is 5.97 Å². The summed E-state index contributed by atoms with van der Waals surface area (Å²) >= 11 is 0. The largest absolute Gasteiger partial charge is 0.468 e. The van der Waals surface area contributed by atoms with Crippen molar-refractivity contribution in [2.45, 2.75) is 38.8 Å². The van der Waals surface area contributed by atoms with Gasteiger partial charge in [0.2, 0.25) is 5.89 Å². The van der Waals surface area contributed by atoms with E-state index in [1.807, 2.05) is 6.92 Å². The third-order valence-corrected chi connectivity index (χ3v) is 4.44. The summed E-state index contributed by atoms with van der Waals surface area (Å²) in [4.78, 5) is 18.5. The number of aromatic nitrogens is 1. The first-order chi connectivity index (χ1) is 9.19. The molecule has 3 rings (SSSR count). The van der Waals surface area contributed by atoms with E-state index in [2.05, 4.69) is 9.88 Å². The maximum Gasteiger partial charge on any atom is 0.323 e. The Kier molecular flexibility index (Phi) is 3.31. The molecule has 0 unspecified atom stereocenters. The number of aryl methyl sites for hydroxylation is 1. The first kappa shape index (κ1) is 12.7. The number of carbonyl (C=O) groups is 1. The lowest BCUT2D eigenvalue weighted by Gasteiger charge is -2.24. The zero-order chi connectivity index (χ0) is 13.4. The Hall–Kier alpha value is -1.36. The van der Waals surface area contributed by atoms with Crippen LogP contribution in [0.1, 0.15) is 30.9 Å². The Bertz CT molecular complexity index is 471. The van der Waals surface area contributed by atoms with E-state index in [0.29, 0.717) is 24.3 Å². The van der Waals surface area contributed by atoms with Crippen molar-refractivity contribution in [3.8, 4) is 0 Å². The van der Waals surface area contributed by atoms with Crippen molar-refractivity contribution < 1.29 is 13.9 Å². The van der Waals surface area contributed by atoms with Gasteiger partial charge < -0.3 is 9.15 Å². The highest BCUT2D eigenvalue weighted by Gasteiger charge is 2.48. The summed E-state index contributed by atoms with van der Waals surface area (Å²) in [5.74, 6) is 2.46. The van der Waals surface area contributed by atoms with Gasteiger partial charge in [0.05, 0.1) is 19.9 Å². The van der Waals surface area contributed by atoms with Crippen LogP contribution in [0, 0.1) is 18.8 Å². The molecule has 0 N–H and O–H groups in total. The Balaban J connectivity index is 1.77. The molecule has 2 aliphatic rings. The minimum Gasteiger partial charge on any atom is -0.468 e. The van der Waals surface area contributed by atoms with E-state index in [1.165, 1.54) is 20.0 Å². The molecule has 2 heterocycles. The number of likely N-dealkylation sites (tertiary alicyclic amines) is 1. The zero-order valence-electron chi connectivity index (χ0n) is 11.5. The van der Waals surface area contributed by atoms with Crippen LogP contribution >= 0.6 is 0 Å². The molecule has 1 saturated carbocycles. The number of rotatable bonds is 3. The molecule has 0 radical (unpaired) electrons. The number of nitrogens with zero attached hydrogens (tertiary/aromatic N) is 2. The zero-order valence-corrected chi connectivity index (χ0v) is 11.5. The van der Waals surface area contributed by atoms with Crippen molar-refractivity contribution in [2.24, 2.45) is 11.8 Å². The molecule has 1 aromatic heterocycles. The highest BCUT2D eigenvalue weighted by molar-refractivity contribution is 5.76. The molecule has 0 amide bonds. The predicted molar refractivity (Wildman–Crippen MR) is 68.3 cm³/mol. The number of carbonyl (C=O) groups excluding carboxylic acids is 1. The quantitative estimate of drug-likeness (QED) is 0.779. The van der Waals surface area contributed by atoms with Gasteiger partial charge in [-0.1, -0.05) is 6.42 Å². The molecule has 5 nitrogen and oxygen atoms in total. The fraction of sp³-hybridized carbons (Fsp3) is 0.714. The fourth-order valence-electron chi connectivity index (χ4n) is 3.65. The third-order valence-electron chi connectivity index (χ3n) is 4.44. The topological polar surface area (TPSA) is 55.6 Å². The van der Waals surface area contributed by atoms with Crippen molar-refractivity contribution in [1.82, 2.24) is 9.88 Å². The monoisotopic (exact) mass is 264 g/mol. The summed E-state index contributed by atoms with van der Waals surface area (Å²) < 4.78 is 10.5. The molecule has 3 atom stereocenters. The van der Waals surface area contributed by atoms with E-state index in [-0.39, 0.29) is 12.0 Å². The number of methoxy groups -OCH3 is 1. The SMILES string of the molecule is COC(=O)[C@@H]1[C@@H]2CCC[C@H]2CN1Cc1ncc(C)o1. The van der Waals surface area contributed by atoms with Crippen molar-refractivity contribution in [1.29, 1.82) is 0 Å². The molecule has 19 heavy (non-hydrogen) atoms. The molecule has 5 heteroatoms. The van der Waals surface area contributed by atoms with Crippen LogP contribution in [-0.4, -0.2) is 35.5 Å². The van der Waals surface area contributed by atoms with E-state index in [4.69, 9.17) is 9.15 Å². The van der Waals surface area contributed by atoms with Crippen LogP contribution in [0.25, 0.3) is 0 Å². The summed E-state index contributed by atoms with van der Waals surface area (Å²) in [6, 6.07) is -0.121. The highest BCUT2D eigenvalue weighted by atomic mass is 16.5. The Morgan fingerprint density at radius 1 is 1.58 bits per heavy atom. The fourth-order valence-corrected chi connectivity index (χ4v) is 3.65. The molecule has 2 fully saturated rings. The molecular weight excluding hydrogens is 244 g/mol. The van der Waals surface area contributed by atoms with E-state index in [1.54, 1.807) is 6.20 Å². The molecule has 1 aliphatic heterocycles. The van der Waals surface area contributed by atoms with Gasteiger partial charge in [-0.15, -0.1) is 0 Å². The maximum atomic E-state index is 12.0. The summed E-state index contributed by atoms with van der Waals surface area (Å²) in [5, 5.41) is 0. The standard InChI is InChI=1S/C14H20N2O3/c1-9-6-15-12(19-9)8-16-7-10-4-3-5-11(10)13(16)14(17)18-2/h6,10-11,13H,3-5,7-8H2,1-2H3/t10-,11+,13-/m0/s1. The number of hydrogen-bond donors (Lipinski definition) is 0. The highest BCUT2D eigenvalue weighted by Crippen LogP contribution is 2.42. The van der Waals surface area contributed by atoms with Gasteiger partial charge in [0.1, 0.15) is 11.8 Å². The van der Waals surface area contributed by atoms with Gasteiger partial charge in [-0.2, -0.15) is 0 Å². The number of ether oxygens (including phenoxy) is 1. The van der Waals surface area contributed by atoms with Crippen LogP contribution in [0.15, 0.2) is 10.6 Å². The average Bonchev–Trinajstić information content (AvgIpc) is 3.05. The van der Waals surface area contributed by atoms with Crippen LogP contribution in [0.2, 0.25) is 0 Å². The van der Waals surface area contributed by atoms with Crippen LogP contribution in [0.4, 0.5) is 0 Å². The van der Waals surface area contributed by atoms with Gasteiger partial charge in [-0.25, -0.2) is 4.98 Å². The minimum absolute atomic E-state index is 0.113. The van der Waals surface area contributed by atoms with Crippen molar-refractivity contribution in [3.63, 3.8) is 0 Å². The number of esters is 1. The Morgan fingerprint density at radius 2 is 2.42 bits per heavy atom. The summed E-state index contributed by atoms with van der Waals surface area (Å²) in [7, 11) is 1.47. The van der Waals surface area contributed by atoms with Gasteiger partial charge in [0, 0.05) is 6.54 Å². The summed E-state index contributed by atoms with van der Waals surface area (Å²) in [6.07, 6.45) is 5.30. The van der Waals surface area contributed by atoms with E-state index in [9.17, 15) is 4.79 Å². The lowest BCUT2D eigenvalue weighted by atomic mass is 9.94. The van der Waals surface area contributed by atoms with Gasteiger partial charge in [-0.3, -0.25) is 9.69 Å². The maximum absolute atomic E-state index is 12.0. The molecular formula is C14H20N2O3. The number of hydrogen-bond acceptors (Lipinski definition) is 5. The van der Waals surface area contributed by atoms with Gasteiger partial charge >= 0.3 is 5.97 Å². The van der Waals surface area contributed by atoms with Crippen molar-refractivity contribution in [3.05, 3.63) is 17.8 Å². The molecule has 0 bridgehead atoms. The average molecular weight is 264 g/mol. The van der Waals surface area contributed by atoms with Crippen LogP contribution in [0.3, 0.4) is 0 Å². The predicted octanol–water partition coefficient (Wildman–Crippen LogP) is 1.76. The molecule has 1 saturated heterocycles. The second kappa shape index (κ2) is 4.96. The van der Waals surface area contributed by atoms with Crippen LogP contribution in [0.5, 0.6) is 0 Å². The molecule has 104 valence electrons. The summed E-state index contributed by atoms with van der Waals surface area (Å²) in [6.45, 7) is 3.43. The Morgan fingerprint density at radius 3 is 3.11 bits per heavy atom. The Labute approximate surface area is 112 Å². The van der Waals surface area contributed by atoms with E-state index >= 15 is 0 Å². The molecule has 0 aromatic carbocycles. The van der Waals surface area contributed by atoms with Gasteiger partial charge in [0.15, 0.2) is 0 Å². The van der Waals surface area contributed by atoms with E-state index in [0.717, 1.165) is 18.7 Å². The van der Waals surface area contributed by atoms with Gasteiger partial charge in [-0.05, 0) is 31.6 Å². The smallest absolute Gasteiger partial charge is 0.323 e. The third kappa shape index (κ3) is 2.27. The normalized spacial score (nSPS) is 30.5. The van der Waals surface area contributed by atoms with Gasteiger partial charge in [0.25, 0.3) is 0 Å². The molecule has 0 spiro atoms. The lowest BCUT2D eigenvalue weighted by molar-refractivity contribution is -0.147. The second-order valence-electron chi connectivity index (χ2n) is 5.62. The molecule has 1 aliphatic carbocycles. The second-order valence-corrected chi connectivity index (χ2v) is 5.62. The summed E-state index contributed by atoms with van der Waals surface area (Å²) in [5.41, 5.74) is 0. The van der Waals surface area contributed by atoms with Crippen LogP contribution < -0.4 is 0 Å². The number of oxazole rings is 1. The van der Waals surface area contributed by atoms with Crippen molar-refractivity contribution in [2.75, 3.05) is 13.7 Å². The first-order valence-corrected chi connectivity index (χ1v) is 6.92. The van der Waals surface area contributed by atoms with Crippen LogP contribution in [-0.2, 0) is 16.1 Å².